The molecule has 118 valence electrons. The minimum absolute atomic E-state index is 0.104. The van der Waals surface area contributed by atoms with Crippen molar-refractivity contribution in [2.45, 2.75) is 30.4 Å². The molecule has 1 aromatic rings. The van der Waals surface area contributed by atoms with Crippen LogP contribution in [-0.2, 0) is 21.4 Å². The van der Waals surface area contributed by atoms with Crippen molar-refractivity contribution in [3.8, 4) is 5.75 Å². The van der Waals surface area contributed by atoms with Gasteiger partial charge in [-0.05, 0) is 30.5 Å². The van der Waals surface area contributed by atoms with Crippen molar-refractivity contribution in [2.75, 3.05) is 27.3 Å². The summed E-state index contributed by atoms with van der Waals surface area (Å²) in [6, 6.07) is 4.69. The van der Waals surface area contributed by atoms with Crippen molar-refractivity contribution in [3.05, 3.63) is 23.8 Å². The molecule has 0 atom stereocenters. The molecule has 1 aromatic carbocycles. The van der Waals surface area contributed by atoms with E-state index >= 15 is 0 Å². The molecule has 0 radical (unpaired) electrons. The van der Waals surface area contributed by atoms with Gasteiger partial charge in [0.05, 0.1) is 19.8 Å². The van der Waals surface area contributed by atoms with E-state index in [1.165, 1.54) is 17.5 Å². The Balaban J connectivity index is 2.31. The van der Waals surface area contributed by atoms with Crippen molar-refractivity contribution < 1.29 is 23.0 Å². The second-order valence-electron chi connectivity index (χ2n) is 4.98. The lowest BCUT2D eigenvalue weighted by molar-refractivity contribution is 0.0604. The first kappa shape index (κ1) is 16.2. The second-order valence-corrected chi connectivity index (χ2v) is 6.89. The number of rotatable bonds is 5. The first-order valence-corrected chi connectivity index (χ1v) is 8.27. The van der Waals surface area contributed by atoms with Crippen LogP contribution < -0.4 is 4.74 Å². The smallest absolute Gasteiger partial charge is 0.246 e. The molecule has 1 N–H and O–H groups in total. The Kier molecular flexibility index (Phi) is 5.21. The van der Waals surface area contributed by atoms with E-state index < -0.39 is 10.0 Å². The van der Waals surface area contributed by atoms with Gasteiger partial charge in [-0.25, -0.2) is 8.42 Å². The summed E-state index contributed by atoms with van der Waals surface area (Å²) in [5.74, 6) is 0.293. The SMILES string of the molecule is COc1ccc(CO)cc1S(=O)(=O)N1CCC(OC)CC1. The van der Waals surface area contributed by atoms with Gasteiger partial charge in [-0.15, -0.1) is 0 Å². The average molecular weight is 315 g/mol. The zero-order valence-electron chi connectivity index (χ0n) is 12.3. The van der Waals surface area contributed by atoms with Crippen LogP contribution in [0.25, 0.3) is 0 Å². The lowest BCUT2D eigenvalue weighted by Crippen LogP contribution is -2.40. The number of benzene rings is 1. The zero-order valence-corrected chi connectivity index (χ0v) is 13.1. The molecule has 0 bridgehead atoms. The summed E-state index contributed by atoms with van der Waals surface area (Å²) in [4.78, 5) is 0.104. The minimum atomic E-state index is -3.63. The third-order valence-electron chi connectivity index (χ3n) is 3.76. The van der Waals surface area contributed by atoms with E-state index in [1.807, 2.05) is 0 Å². The summed E-state index contributed by atoms with van der Waals surface area (Å²) in [6.45, 7) is 0.638. The highest BCUT2D eigenvalue weighted by Crippen LogP contribution is 2.29. The molecule has 1 heterocycles. The van der Waals surface area contributed by atoms with Crippen molar-refractivity contribution >= 4 is 10.0 Å². The molecule has 0 amide bonds. The summed E-state index contributed by atoms with van der Waals surface area (Å²) in [5.41, 5.74) is 0.543. The number of methoxy groups -OCH3 is 2. The lowest BCUT2D eigenvalue weighted by Gasteiger charge is -2.30. The minimum Gasteiger partial charge on any atom is -0.495 e. The molecule has 0 aliphatic carbocycles. The van der Waals surface area contributed by atoms with Crippen LogP contribution in [0.4, 0.5) is 0 Å². The molecule has 0 saturated carbocycles. The number of piperidine rings is 1. The van der Waals surface area contributed by atoms with Crippen LogP contribution in [0.15, 0.2) is 23.1 Å². The molecule has 0 unspecified atom stereocenters. The Bertz CT molecular complexity index is 579. The number of sulfonamides is 1. The molecule has 7 heteroatoms. The largest absolute Gasteiger partial charge is 0.495 e. The quantitative estimate of drug-likeness (QED) is 0.877. The number of aliphatic hydroxyl groups excluding tert-OH is 1. The van der Waals surface area contributed by atoms with E-state index in [-0.39, 0.29) is 17.6 Å². The third-order valence-corrected chi connectivity index (χ3v) is 5.68. The molecule has 2 rings (SSSR count). The molecular formula is C14H21NO5S. The van der Waals surface area contributed by atoms with Crippen LogP contribution in [0.5, 0.6) is 5.75 Å². The summed E-state index contributed by atoms with van der Waals surface area (Å²) in [7, 11) is -0.551. The molecule has 21 heavy (non-hydrogen) atoms. The number of ether oxygens (including phenoxy) is 2. The Morgan fingerprint density at radius 1 is 1.29 bits per heavy atom. The van der Waals surface area contributed by atoms with E-state index in [0.717, 1.165) is 0 Å². The highest BCUT2D eigenvalue weighted by Gasteiger charge is 2.31. The summed E-state index contributed by atoms with van der Waals surface area (Å²) < 4.78 is 37.4. The van der Waals surface area contributed by atoms with Gasteiger partial charge < -0.3 is 14.6 Å². The molecule has 1 fully saturated rings. The average Bonchev–Trinajstić information content (AvgIpc) is 2.54. The van der Waals surface area contributed by atoms with Crippen molar-refractivity contribution in [2.24, 2.45) is 0 Å². The first-order chi connectivity index (χ1) is 10.0. The van der Waals surface area contributed by atoms with Gasteiger partial charge in [0.1, 0.15) is 10.6 Å². The van der Waals surface area contributed by atoms with E-state index in [4.69, 9.17) is 9.47 Å². The monoisotopic (exact) mass is 315 g/mol. The predicted octanol–water partition coefficient (Wildman–Crippen LogP) is 0.987. The number of aliphatic hydroxyl groups is 1. The van der Waals surface area contributed by atoms with Gasteiger partial charge >= 0.3 is 0 Å². The fourth-order valence-electron chi connectivity index (χ4n) is 2.47. The van der Waals surface area contributed by atoms with E-state index in [0.29, 0.717) is 37.2 Å². The third kappa shape index (κ3) is 3.37. The Hall–Kier alpha value is -1.15. The Morgan fingerprint density at radius 3 is 2.48 bits per heavy atom. The van der Waals surface area contributed by atoms with Crippen LogP contribution in [0.2, 0.25) is 0 Å². The Labute approximate surface area is 125 Å². The van der Waals surface area contributed by atoms with Gasteiger partial charge in [0.2, 0.25) is 10.0 Å². The highest BCUT2D eigenvalue weighted by molar-refractivity contribution is 7.89. The van der Waals surface area contributed by atoms with E-state index in [9.17, 15) is 13.5 Å². The van der Waals surface area contributed by atoms with E-state index in [2.05, 4.69) is 0 Å². The number of nitrogens with zero attached hydrogens (tertiary/aromatic N) is 1. The van der Waals surface area contributed by atoms with Gasteiger partial charge in [0.25, 0.3) is 0 Å². The summed E-state index contributed by atoms with van der Waals surface area (Å²) in [6.07, 6.45) is 1.47. The van der Waals surface area contributed by atoms with Gasteiger partial charge in [0, 0.05) is 20.2 Å². The molecule has 1 saturated heterocycles. The fraction of sp³-hybridized carbons (Fsp3) is 0.571. The Morgan fingerprint density at radius 2 is 1.95 bits per heavy atom. The molecule has 0 aromatic heterocycles. The van der Waals surface area contributed by atoms with Crippen LogP contribution >= 0.6 is 0 Å². The van der Waals surface area contributed by atoms with Gasteiger partial charge in [-0.3, -0.25) is 0 Å². The van der Waals surface area contributed by atoms with Crippen molar-refractivity contribution in [1.82, 2.24) is 4.31 Å². The maximum atomic E-state index is 12.8. The number of hydrogen-bond acceptors (Lipinski definition) is 5. The number of hydrogen-bond donors (Lipinski definition) is 1. The maximum Gasteiger partial charge on any atom is 0.246 e. The summed E-state index contributed by atoms with van der Waals surface area (Å²) >= 11 is 0. The fourth-order valence-corrected chi connectivity index (χ4v) is 4.14. The maximum absolute atomic E-state index is 12.8. The predicted molar refractivity (Wildman–Crippen MR) is 77.7 cm³/mol. The van der Waals surface area contributed by atoms with Crippen LogP contribution in [0.3, 0.4) is 0 Å². The lowest BCUT2D eigenvalue weighted by atomic mass is 10.1. The van der Waals surface area contributed by atoms with Crippen LogP contribution in [0.1, 0.15) is 18.4 Å². The van der Waals surface area contributed by atoms with Crippen LogP contribution in [-0.4, -0.2) is 51.2 Å². The van der Waals surface area contributed by atoms with Gasteiger partial charge in [0.15, 0.2) is 0 Å². The molecule has 1 aliphatic heterocycles. The highest BCUT2D eigenvalue weighted by atomic mass is 32.2. The van der Waals surface area contributed by atoms with Crippen molar-refractivity contribution in [3.63, 3.8) is 0 Å². The molecule has 0 spiro atoms. The van der Waals surface area contributed by atoms with E-state index in [1.54, 1.807) is 19.2 Å². The molecular weight excluding hydrogens is 294 g/mol. The van der Waals surface area contributed by atoms with Crippen LogP contribution in [0, 0.1) is 0 Å². The van der Waals surface area contributed by atoms with Crippen molar-refractivity contribution in [1.29, 1.82) is 0 Å². The zero-order chi connectivity index (χ0) is 15.5. The second kappa shape index (κ2) is 6.74. The van der Waals surface area contributed by atoms with Gasteiger partial charge in [-0.1, -0.05) is 6.07 Å². The first-order valence-electron chi connectivity index (χ1n) is 6.83. The van der Waals surface area contributed by atoms with Gasteiger partial charge in [-0.2, -0.15) is 4.31 Å². The topological polar surface area (TPSA) is 76.1 Å². The molecule has 6 nitrogen and oxygen atoms in total. The molecule has 1 aliphatic rings. The standard InChI is InChI=1S/C14H21NO5S/c1-19-12-5-7-15(8-6-12)21(17,18)14-9-11(10-16)3-4-13(14)20-2/h3-4,9,12,16H,5-8,10H2,1-2H3. The normalized spacial score (nSPS) is 17.9. The summed E-state index contributed by atoms with van der Waals surface area (Å²) in [5, 5.41) is 9.20.